The molecule has 1 atom stereocenters. The molecule has 0 bridgehead atoms. The van der Waals surface area contributed by atoms with Crippen LogP contribution in [-0.4, -0.2) is 20.4 Å². The Labute approximate surface area is 123 Å². The van der Waals surface area contributed by atoms with Crippen LogP contribution in [0.4, 0.5) is 5.69 Å². The first-order valence-electron chi connectivity index (χ1n) is 6.49. The highest BCUT2D eigenvalue weighted by Gasteiger charge is 2.24. The zero-order valence-corrected chi connectivity index (χ0v) is 12.3. The Morgan fingerprint density at radius 2 is 2.19 bits per heavy atom. The summed E-state index contributed by atoms with van der Waals surface area (Å²) in [5.74, 6) is 0. The van der Waals surface area contributed by atoms with Crippen molar-refractivity contribution in [2.45, 2.75) is 17.6 Å². The summed E-state index contributed by atoms with van der Waals surface area (Å²) in [7, 11) is -1.74. The predicted octanol–water partition coefficient (Wildman–Crippen LogP) is 0.967. The van der Waals surface area contributed by atoms with Crippen molar-refractivity contribution in [1.82, 2.24) is 10.3 Å². The summed E-state index contributed by atoms with van der Waals surface area (Å²) in [5, 5.41) is 8.57. The van der Waals surface area contributed by atoms with Gasteiger partial charge in [0.1, 0.15) is 6.17 Å². The van der Waals surface area contributed by atoms with Gasteiger partial charge in [-0.05, 0) is 23.8 Å². The topological polar surface area (TPSA) is 88.3 Å². The minimum absolute atomic E-state index is 0.110. The second-order valence-electron chi connectivity index (χ2n) is 5.02. The number of benzene rings is 1. The molecule has 0 fully saturated rings. The number of pyridine rings is 1. The summed E-state index contributed by atoms with van der Waals surface area (Å²) in [4.78, 5) is 6.29. The molecule has 110 valence electrons. The largest absolute Gasteiger partial charge is 0.355 e. The van der Waals surface area contributed by atoms with Crippen molar-refractivity contribution in [3.63, 3.8) is 0 Å². The quantitative estimate of drug-likeness (QED) is 0.863. The predicted molar refractivity (Wildman–Crippen MR) is 80.0 cm³/mol. The van der Waals surface area contributed by atoms with E-state index in [0.717, 1.165) is 16.8 Å². The molecule has 21 heavy (non-hydrogen) atoms. The molecule has 1 aliphatic heterocycles. The van der Waals surface area contributed by atoms with Gasteiger partial charge in [0.25, 0.3) is 0 Å². The molecule has 3 N–H and O–H groups in total. The maximum atomic E-state index is 11.5. The molecule has 2 heterocycles. The maximum absolute atomic E-state index is 11.5. The van der Waals surface area contributed by atoms with E-state index in [9.17, 15) is 8.42 Å². The second kappa shape index (κ2) is 5.10. The van der Waals surface area contributed by atoms with Crippen LogP contribution in [0, 0.1) is 0 Å². The van der Waals surface area contributed by atoms with Crippen LogP contribution in [0.15, 0.2) is 47.6 Å². The lowest BCUT2D eigenvalue weighted by atomic mass is 10.1. The summed E-state index contributed by atoms with van der Waals surface area (Å²) in [6.45, 7) is 0.678. The molecule has 0 saturated carbocycles. The van der Waals surface area contributed by atoms with Crippen molar-refractivity contribution >= 4 is 15.7 Å². The van der Waals surface area contributed by atoms with Crippen LogP contribution in [0.25, 0.3) is 0 Å². The fraction of sp³-hybridized carbons (Fsp3) is 0.214. The van der Waals surface area contributed by atoms with Crippen LogP contribution in [0.3, 0.4) is 0 Å². The number of nitrogens with one attached hydrogen (secondary N) is 1. The number of sulfonamides is 1. The molecule has 0 saturated heterocycles. The summed E-state index contributed by atoms with van der Waals surface area (Å²) in [5.41, 5.74) is 3.04. The van der Waals surface area contributed by atoms with Crippen LogP contribution in [0.5, 0.6) is 0 Å². The van der Waals surface area contributed by atoms with E-state index in [1.54, 1.807) is 18.3 Å². The van der Waals surface area contributed by atoms with Crippen LogP contribution in [0.1, 0.15) is 17.3 Å². The highest BCUT2D eigenvalue weighted by Crippen LogP contribution is 2.31. The molecule has 3 rings (SSSR count). The number of rotatable bonds is 2. The van der Waals surface area contributed by atoms with E-state index in [0.29, 0.717) is 6.54 Å². The number of nitrogens with two attached hydrogens (primary N) is 1. The molecule has 0 amide bonds. The van der Waals surface area contributed by atoms with Gasteiger partial charge in [-0.25, -0.2) is 13.6 Å². The van der Waals surface area contributed by atoms with Gasteiger partial charge in [-0.15, -0.1) is 0 Å². The van der Waals surface area contributed by atoms with Gasteiger partial charge in [0, 0.05) is 37.2 Å². The van der Waals surface area contributed by atoms with E-state index < -0.39 is 10.0 Å². The number of fused-ring (bicyclic) bond motifs is 1. The number of hydrogen-bond acceptors (Lipinski definition) is 5. The molecule has 1 aromatic heterocycles. The molecule has 0 radical (unpaired) electrons. The SMILES string of the molecule is CN1c2ccncc2CNC1c1cccc(S(N)(=O)=O)c1. The second-order valence-corrected chi connectivity index (χ2v) is 6.58. The fourth-order valence-corrected chi connectivity index (χ4v) is 3.15. The first-order chi connectivity index (χ1) is 9.97. The summed E-state index contributed by atoms with van der Waals surface area (Å²) >= 11 is 0. The summed E-state index contributed by atoms with van der Waals surface area (Å²) < 4.78 is 23.0. The van der Waals surface area contributed by atoms with Gasteiger partial charge in [-0.3, -0.25) is 10.3 Å². The molecular formula is C14H16N4O2S. The Bertz CT molecular complexity index is 776. The van der Waals surface area contributed by atoms with E-state index in [-0.39, 0.29) is 11.1 Å². The first kappa shape index (κ1) is 14.0. The Kier molecular flexibility index (Phi) is 3.40. The smallest absolute Gasteiger partial charge is 0.238 e. The summed E-state index contributed by atoms with van der Waals surface area (Å²) in [6.07, 6.45) is 3.47. The van der Waals surface area contributed by atoms with Crippen molar-refractivity contribution in [1.29, 1.82) is 0 Å². The zero-order chi connectivity index (χ0) is 15.0. The monoisotopic (exact) mass is 304 g/mol. The molecule has 2 aromatic rings. The maximum Gasteiger partial charge on any atom is 0.238 e. The van der Waals surface area contributed by atoms with Crippen LogP contribution in [-0.2, 0) is 16.6 Å². The van der Waals surface area contributed by atoms with E-state index >= 15 is 0 Å². The standard InChI is InChI=1S/C14H16N4O2S/c1-18-13-5-6-16-8-11(13)9-17-14(18)10-3-2-4-12(7-10)21(15,19)20/h2-8,14,17H,9H2,1H3,(H2,15,19,20). The Balaban J connectivity index is 1.99. The highest BCUT2D eigenvalue weighted by molar-refractivity contribution is 7.89. The summed E-state index contributed by atoms with van der Waals surface area (Å²) in [6, 6.07) is 8.64. The third-order valence-electron chi connectivity index (χ3n) is 3.63. The van der Waals surface area contributed by atoms with Crippen molar-refractivity contribution in [2.24, 2.45) is 5.14 Å². The van der Waals surface area contributed by atoms with Crippen molar-refractivity contribution in [3.8, 4) is 0 Å². The van der Waals surface area contributed by atoms with Crippen molar-refractivity contribution < 1.29 is 8.42 Å². The molecule has 1 aliphatic rings. The number of anilines is 1. The third-order valence-corrected chi connectivity index (χ3v) is 4.54. The number of primary sulfonamides is 1. The van der Waals surface area contributed by atoms with Crippen LogP contribution >= 0.6 is 0 Å². The Morgan fingerprint density at radius 1 is 1.38 bits per heavy atom. The molecular weight excluding hydrogens is 288 g/mol. The van der Waals surface area contributed by atoms with Gasteiger partial charge >= 0.3 is 0 Å². The number of aromatic nitrogens is 1. The van der Waals surface area contributed by atoms with E-state index in [4.69, 9.17) is 5.14 Å². The zero-order valence-electron chi connectivity index (χ0n) is 11.5. The average Bonchev–Trinajstić information content (AvgIpc) is 2.47. The minimum atomic E-state index is -3.70. The van der Waals surface area contributed by atoms with Gasteiger partial charge < -0.3 is 4.90 Å². The highest BCUT2D eigenvalue weighted by atomic mass is 32.2. The Morgan fingerprint density at radius 3 is 2.95 bits per heavy atom. The lowest BCUT2D eigenvalue weighted by Crippen LogP contribution is -2.40. The molecule has 0 spiro atoms. The minimum Gasteiger partial charge on any atom is -0.355 e. The number of nitrogens with zero attached hydrogens (tertiary/aromatic N) is 2. The number of hydrogen-bond donors (Lipinski definition) is 2. The van der Waals surface area contributed by atoms with Gasteiger partial charge in [0.05, 0.1) is 4.90 Å². The van der Waals surface area contributed by atoms with Crippen molar-refractivity contribution in [2.75, 3.05) is 11.9 Å². The molecule has 1 unspecified atom stereocenters. The van der Waals surface area contributed by atoms with E-state index in [2.05, 4.69) is 15.2 Å². The molecule has 1 aromatic carbocycles. The first-order valence-corrected chi connectivity index (χ1v) is 8.03. The van der Waals surface area contributed by atoms with Gasteiger partial charge in [0.2, 0.25) is 10.0 Å². The fourth-order valence-electron chi connectivity index (χ4n) is 2.59. The molecule has 6 nitrogen and oxygen atoms in total. The van der Waals surface area contributed by atoms with Crippen LogP contribution in [0.2, 0.25) is 0 Å². The van der Waals surface area contributed by atoms with Gasteiger partial charge in [0.15, 0.2) is 0 Å². The van der Waals surface area contributed by atoms with Gasteiger partial charge in [-0.1, -0.05) is 12.1 Å². The van der Waals surface area contributed by atoms with E-state index in [1.807, 2.05) is 25.4 Å². The lowest BCUT2D eigenvalue weighted by molar-refractivity contribution is 0.498. The van der Waals surface area contributed by atoms with Crippen molar-refractivity contribution in [3.05, 3.63) is 53.9 Å². The lowest BCUT2D eigenvalue weighted by Gasteiger charge is -2.37. The molecule has 0 aliphatic carbocycles. The van der Waals surface area contributed by atoms with Gasteiger partial charge in [-0.2, -0.15) is 0 Å². The normalized spacial score (nSPS) is 18.4. The van der Waals surface area contributed by atoms with E-state index in [1.165, 1.54) is 6.07 Å². The van der Waals surface area contributed by atoms with Crippen LogP contribution < -0.4 is 15.4 Å². The third kappa shape index (κ3) is 2.63. The molecule has 7 heteroatoms. The average molecular weight is 304 g/mol. The Hall–Kier alpha value is -1.96.